The van der Waals surface area contributed by atoms with Crippen LogP contribution in [0.3, 0.4) is 0 Å². The fraction of sp³-hybridized carbons (Fsp3) is 0.538. The van der Waals surface area contributed by atoms with Crippen LogP contribution in [-0.4, -0.2) is 13.7 Å². The lowest BCUT2D eigenvalue weighted by Crippen LogP contribution is -2.15. The van der Waals surface area contributed by atoms with Crippen molar-refractivity contribution in [1.82, 2.24) is 5.32 Å². The second kappa shape index (κ2) is 4.76. The second-order valence-electron chi connectivity index (χ2n) is 4.40. The SMILES string of the molecule is COc1c(C)c(Br)cc(C)c1C1CCCN1. The van der Waals surface area contributed by atoms with Gasteiger partial charge in [0.2, 0.25) is 0 Å². The zero-order valence-electron chi connectivity index (χ0n) is 10.1. The Balaban J connectivity index is 2.53. The Labute approximate surface area is 106 Å². The molecule has 0 saturated carbocycles. The maximum atomic E-state index is 5.58. The van der Waals surface area contributed by atoms with Gasteiger partial charge in [-0.3, -0.25) is 0 Å². The van der Waals surface area contributed by atoms with Crippen molar-refractivity contribution in [3.63, 3.8) is 0 Å². The molecule has 1 saturated heterocycles. The number of aryl methyl sites for hydroxylation is 1. The summed E-state index contributed by atoms with van der Waals surface area (Å²) < 4.78 is 6.71. The molecule has 1 heterocycles. The van der Waals surface area contributed by atoms with E-state index in [0.29, 0.717) is 6.04 Å². The van der Waals surface area contributed by atoms with Crippen LogP contribution in [0.25, 0.3) is 0 Å². The zero-order valence-corrected chi connectivity index (χ0v) is 11.6. The summed E-state index contributed by atoms with van der Waals surface area (Å²) in [5.41, 5.74) is 3.83. The maximum Gasteiger partial charge on any atom is 0.127 e. The Morgan fingerprint density at radius 1 is 1.44 bits per heavy atom. The lowest BCUT2D eigenvalue weighted by atomic mass is 9.96. The van der Waals surface area contributed by atoms with Crippen LogP contribution in [0, 0.1) is 13.8 Å². The molecule has 88 valence electrons. The van der Waals surface area contributed by atoms with Gasteiger partial charge in [0, 0.05) is 21.6 Å². The van der Waals surface area contributed by atoms with E-state index in [2.05, 4.69) is 41.2 Å². The predicted octanol–water partition coefficient (Wildman–Crippen LogP) is 3.50. The minimum atomic E-state index is 0.460. The van der Waals surface area contributed by atoms with Crippen molar-refractivity contribution in [3.8, 4) is 5.75 Å². The standard InChI is InChI=1S/C13H18BrNO/c1-8-7-10(14)9(2)13(16-3)12(8)11-5-4-6-15-11/h7,11,15H,4-6H2,1-3H3. The molecule has 0 radical (unpaired) electrons. The Kier molecular flexibility index (Phi) is 3.55. The molecule has 1 aromatic carbocycles. The van der Waals surface area contributed by atoms with Gasteiger partial charge >= 0.3 is 0 Å². The number of ether oxygens (including phenoxy) is 1. The van der Waals surface area contributed by atoms with E-state index >= 15 is 0 Å². The normalized spacial score (nSPS) is 20.1. The van der Waals surface area contributed by atoms with Gasteiger partial charge in [0.1, 0.15) is 5.75 Å². The molecular weight excluding hydrogens is 266 g/mol. The van der Waals surface area contributed by atoms with Gasteiger partial charge < -0.3 is 10.1 Å². The molecule has 16 heavy (non-hydrogen) atoms. The van der Waals surface area contributed by atoms with Crippen LogP contribution >= 0.6 is 15.9 Å². The third-order valence-corrected chi connectivity index (χ3v) is 4.15. The Morgan fingerprint density at radius 2 is 2.19 bits per heavy atom. The number of halogens is 1. The van der Waals surface area contributed by atoms with Gasteiger partial charge in [-0.25, -0.2) is 0 Å². The van der Waals surface area contributed by atoms with E-state index in [4.69, 9.17) is 4.74 Å². The number of rotatable bonds is 2. The highest BCUT2D eigenvalue weighted by Gasteiger charge is 2.23. The second-order valence-corrected chi connectivity index (χ2v) is 5.25. The van der Waals surface area contributed by atoms with E-state index in [-0.39, 0.29) is 0 Å². The smallest absolute Gasteiger partial charge is 0.127 e. The zero-order chi connectivity index (χ0) is 11.7. The van der Waals surface area contributed by atoms with Gasteiger partial charge in [-0.15, -0.1) is 0 Å². The minimum absolute atomic E-state index is 0.460. The summed E-state index contributed by atoms with van der Waals surface area (Å²) in [6, 6.07) is 2.65. The van der Waals surface area contributed by atoms with Crippen molar-refractivity contribution in [2.24, 2.45) is 0 Å². The molecule has 1 fully saturated rings. The number of nitrogens with one attached hydrogen (secondary N) is 1. The molecule has 0 aromatic heterocycles. The first-order valence-corrected chi connectivity index (χ1v) is 6.51. The van der Waals surface area contributed by atoms with Crippen molar-refractivity contribution < 1.29 is 4.74 Å². The lowest BCUT2D eigenvalue weighted by Gasteiger charge is -2.20. The van der Waals surface area contributed by atoms with Gasteiger partial charge in [-0.2, -0.15) is 0 Å². The van der Waals surface area contributed by atoms with E-state index in [0.717, 1.165) is 16.8 Å². The Hall–Kier alpha value is -0.540. The molecule has 1 aliphatic rings. The van der Waals surface area contributed by atoms with Crippen molar-refractivity contribution in [3.05, 3.63) is 27.2 Å². The van der Waals surface area contributed by atoms with Gasteiger partial charge in [0.25, 0.3) is 0 Å². The highest BCUT2D eigenvalue weighted by Crippen LogP contribution is 2.39. The van der Waals surface area contributed by atoms with Gasteiger partial charge in [-0.05, 0) is 44.9 Å². The number of benzene rings is 1. The summed E-state index contributed by atoms with van der Waals surface area (Å²) in [5.74, 6) is 1.03. The highest BCUT2D eigenvalue weighted by atomic mass is 79.9. The van der Waals surface area contributed by atoms with Gasteiger partial charge in [0.05, 0.1) is 7.11 Å². The van der Waals surface area contributed by atoms with Crippen molar-refractivity contribution in [2.45, 2.75) is 32.7 Å². The molecule has 2 rings (SSSR count). The third-order valence-electron chi connectivity index (χ3n) is 3.32. The summed E-state index contributed by atoms with van der Waals surface area (Å²) in [7, 11) is 1.76. The monoisotopic (exact) mass is 283 g/mol. The fourth-order valence-corrected chi connectivity index (χ4v) is 3.02. The van der Waals surface area contributed by atoms with Crippen molar-refractivity contribution >= 4 is 15.9 Å². The van der Waals surface area contributed by atoms with E-state index in [1.165, 1.54) is 29.5 Å². The summed E-state index contributed by atoms with van der Waals surface area (Å²) in [5, 5.41) is 3.54. The lowest BCUT2D eigenvalue weighted by molar-refractivity contribution is 0.399. The largest absolute Gasteiger partial charge is 0.496 e. The molecule has 2 nitrogen and oxygen atoms in total. The Morgan fingerprint density at radius 3 is 2.75 bits per heavy atom. The molecule has 0 amide bonds. The van der Waals surface area contributed by atoms with Crippen LogP contribution in [0.15, 0.2) is 10.5 Å². The van der Waals surface area contributed by atoms with E-state index in [1.807, 2.05) is 0 Å². The first kappa shape index (κ1) is 11.9. The number of methoxy groups -OCH3 is 1. The molecule has 1 unspecified atom stereocenters. The van der Waals surface area contributed by atoms with E-state index in [1.54, 1.807) is 7.11 Å². The molecule has 1 atom stereocenters. The summed E-state index contributed by atoms with van der Waals surface area (Å²) in [6.07, 6.45) is 2.46. The molecular formula is C13H18BrNO. The number of hydrogen-bond donors (Lipinski definition) is 1. The minimum Gasteiger partial charge on any atom is -0.496 e. The van der Waals surface area contributed by atoms with Crippen LogP contribution in [0.1, 0.15) is 35.6 Å². The number of hydrogen-bond acceptors (Lipinski definition) is 2. The van der Waals surface area contributed by atoms with E-state index < -0.39 is 0 Å². The highest BCUT2D eigenvalue weighted by molar-refractivity contribution is 9.10. The van der Waals surface area contributed by atoms with Crippen LogP contribution in [-0.2, 0) is 0 Å². The third kappa shape index (κ3) is 1.98. The van der Waals surface area contributed by atoms with E-state index in [9.17, 15) is 0 Å². The summed E-state index contributed by atoms with van der Waals surface area (Å²) >= 11 is 3.58. The fourth-order valence-electron chi connectivity index (χ4n) is 2.49. The topological polar surface area (TPSA) is 21.3 Å². The van der Waals surface area contributed by atoms with Crippen LogP contribution in [0.5, 0.6) is 5.75 Å². The quantitative estimate of drug-likeness (QED) is 0.897. The van der Waals surface area contributed by atoms with Gasteiger partial charge in [0.15, 0.2) is 0 Å². The summed E-state index contributed by atoms with van der Waals surface area (Å²) in [6.45, 7) is 5.37. The molecule has 1 aliphatic heterocycles. The Bertz CT molecular complexity index is 397. The van der Waals surface area contributed by atoms with Crippen LogP contribution in [0.4, 0.5) is 0 Å². The molecule has 1 N–H and O–H groups in total. The predicted molar refractivity (Wildman–Crippen MR) is 70.1 cm³/mol. The molecule has 0 bridgehead atoms. The average Bonchev–Trinajstić information content (AvgIpc) is 2.76. The molecule has 1 aromatic rings. The van der Waals surface area contributed by atoms with Crippen molar-refractivity contribution in [1.29, 1.82) is 0 Å². The molecule has 3 heteroatoms. The van der Waals surface area contributed by atoms with Crippen LogP contribution < -0.4 is 10.1 Å². The first-order valence-electron chi connectivity index (χ1n) is 5.72. The first-order chi connectivity index (χ1) is 7.65. The molecule has 0 aliphatic carbocycles. The van der Waals surface area contributed by atoms with Gasteiger partial charge in [-0.1, -0.05) is 15.9 Å². The average molecular weight is 284 g/mol. The summed E-state index contributed by atoms with van der Waals surface area (Å²) in [4.78, 5) is 0. The maximum absolute atomic E-state index is 5.58. The van der Waals surface area contributed by atoms with Crippen LogP contribution in [0.2, 0.25) is 0 Å². The van der Waals surface area contributed by atoms with Crippen molar-refractivity contribution in [2.75, 3.05) is 13.7 Å². The molecule has 0 spiro atoms.